The zero-order valence-corrected chi connectivity index (χ0v) is 16.0. The Balaban J connectivity index is 1.51. The fourth-order valence-corrected chi connectivity index (χ4v) is 4.08. The number of carbonyl (C=O) groups is 4. The number of nitrogens with two attached hydrogens (primary N) is 1. The van der Waals surface area contributed by atoms with Gasteiger partial charge in [0.05, 0.1) is 10.6 Å². The van der Waals surface area contributed by atoms with Crippen molar-refractivity contribution in [1.82, 2.24) is 10.2 Å². The molecule has 1 aliphatic heterocycles. The van der Waals surface area contributed by atoms with Crippen molar-refractivity contribution in [3.8, 4) is 0 Å². The first-order valence-corrected chi connectivity index (χ1v) is 9.31. The number of carbonyl (C=O) groups excluding carboxylic acids is 4. The Hall–Kier alpha value is -3.39. The van der Waals surface area contributed by atoms with E-state index in [1.165, 1.54) is 18.2 Å². The molecule has 1 fully saturated rings. The molecule has 1 unspecified atom stereocenters. The lowest BCUT2D eigenvalue weighted by Crippen LogP contribution is -2.43. The monoisotopic (exact) mass is 412 g/mol. The molecule has 0 saturated carbocycles. The van der Waals surface area contributed by atoms with E-state index in [0.29, 0.717) is 12.8 Å². The number of rotatable bonds is 4. The maximum Gasteiger partial charge on any atom is 0.325 e. The molecule has 1 saturated heterocycles. The van der Waals surface area contributed by atoms with Gasteiger partial charge in [-0.3, -0.25) is 19.3 Å². The predicted molar refractivity (Wildman–Crippen MR) is 105 cm³/mol. The second-order valence-corrected chi connectivity index (χ2v) is 7.40. The second-order valence-electron chi connectivity index (χ2n) is 6.99. The highest BCUT2D eigenvalue weighted by Crippen LogP contribution is 2.41. The Labute approximate surface area is 171 Å². The Morgan fingerprint density at radius 2 is 1.97 bits per heavy atom. The van der Waals surface area contributed by atoms with Gasteiger partial charge in [0.1, 0.15) is 12.1 Å². The summed E-state index contributed by atoms with van der Waals surface area (Å²) < 4.78 is 0. The zero-order valence-electron chi connectivity index (χ0n) is 15.2. The third-order valence-corrected chi connectivity index (χ3v) is 5.57. The number of amides is 5. The third kappa shape index (κ3) is 3.11. The average Bonchev–Trinajstić information content (AvgIpc) is 3.17. The van der Waals surface area contributed by atoms with Crippen LogP contribution in [0.3, 0.4) is 0 Å². The van der Waals surface area contributed by atoms with E-state index in [1.54, 1.807) is 0 Å². The first kappa shape index (κ1) is 18.9. The van der Waals surface area contributed by atoms with Crippen LogP contribution in [0.4, 0.5) is 10.5 Å². The molecule has 1 spiro atoms. The fourth-order valence-electron chi connectivity index (χ4n) is 3.87. The number of benzene rings is 2. The van der Waals surface area contributed by atoms with E-state index < -0.39 is 35.8 Å². The van der Waals surface area contributed by atoms with Crippen molar-refractivity contribution in [2.24, 2.45) is 5.73 Å². The third-order valence-electron chi connectivity index (χ3n) is 5.24. The number of fused-ring (bicyclic) bond motifs is 2. The summed E-state index contributed by atoms with van der Waals surface area (Å²) in [6.07, 6.45) is 1.12. The highest BCUT2D eigenvalue weighted by Gasteiger charge is 2.55. The number of hydrogen-bond acceptors (Lipinski definition) is 4. The number of halogens is 1. The van der Waals surface area contributed by atoms with Crippen molar-refractivity contribution in [2.75, 3.05) is 11.9 Å². The molecule has 4 rings (SSSR count). The topological polar surface area (TPSA) is 122 Å². The Morgan fingerprint density at radius 1 is 1.21 bits per heavy atom. The molecule has 5 amide bonds. The van der Waals surface area contributed by atoms with Crippen LogP contribution in [0.1, 0.15) is 27.9 Å². The van der Waals surface area contributed by atoms with Gasteiger partial charge in [0.2, 0.25) is 11.8 Å². The molecule has 0 radical (unpaired) electrons. The Morgan fingerprint density at radius 3 is 2.72 bits per heavy atom. The lowest BCUT2D eigenvalue weighted by molar-refractivity contribution is -0.134. The minimum atomic E-state index is -1.12. The van der Waals surface area contributed by atoms with Crippen LogP contribution in [0, 0.1) is 0 Å². The first-order chi connectivity index (χ1) is 13.8. The van der Waals surface area contributed by atoms with Crippen LogP contribution in [0.2, 0.25) is 5.02 Å². The zero-order chi connectivity index (χ0) is 20.8. The lowest BCUT2D eigenvalue weighted by atomic mass is 9.92. The van der Waals surface area contributed by atoms with Crippen molar-refractivity contribution < 1.29 is 19.2 Å². The molecule has 2 aromatic carbocycles. The van der Waals surface area contributed by atoms with Gasteiger partial charge in [-0.15, -0.1) is 0 Å². The maximum absolute atomic E-state index is 13.1. The summed E-state index contributed by atoms with van der Waals surface area (Å²) in [5.41, 5.74) is 6.24. The van der Waals surface area contributed by atoms with E-state index in [0.717, 1.165) is 16.0 Å². The first-order valence-electron chi connectivity index (χ1n) is 8.93. The smallest absolute Gasteiger partial charge is 0.325 e. The van der Waals surface area contributed by atoms with Crippen LogP contribution < -0.4 is 16.4 Å². The minimum absolute atomic E-state index is 0.0565. The van der Waals surface area contributed by atoms with Gasteiger partial charge < -0.3 is 16.4 Å². The predicted octanol–water partition coefficient (Wildman–Crippen LogP) is 1.77. The molecule has 9 heteroatoms. The number of primary amides is 1. The second kappa shape index (κ2) is 6.89. The summed E-state index contributed by atoms with van der Waals surface area (Å²) >= 11 is 5.89. The molecule has 4 N–H and O–H groups in total. The highest BCUT2D eigenvalue weighted by molar-refractivity contribution is 6.34. The largest absolute Gasteiger partial charge is 0.366 e. The van der Waals surface area contributed by atoms with Gasteiger partial charge in [-0.05, 0) is 42.2 Å². The molecule has 148 valence electrons. The number of nitrogens with zero attached hydrogens (tertiary/aromatic N) is 1. The fraction of sp³-hybridized carbons (Fsp3) is 0.200. The quantitative estimate of drug-likeness (QED) is 0.662. The van der Waals surface area contributed by atoms with Crippen molar-refractivity contribution in [2.45, 2.75) is 18.4 Å². The van der Waals surface area contributed by atoms with Crippen molar-refractivity contribution in [3.05, 3.63) is 64.2 Å². The van der Waals surface area contributed by atoms with Gasteiger partial charge in [0, 0.05) is 5.69 Å². The summed E-state index contributed by atoms with van der Waals surface area (Å²) in [4.78, 5) is 50.3. The van der Waals surface area contributed by atoms with Gasteiger partial charge in [0.15, 0.2) is 0 Å². The molecule has 29 heavy (non-hydrogen) atoms. The molecule has 0 bridgehead atoms. The van der Waals surface area contributed by atoms with Gasteiger partial charge >= 0.3 is 6.03 Å². The Bertz CT molecular complexity index is 1070. The van der Waals surface area contributed by atoms with Crippen LogP contribution in [-0.4, -0.2) is 35.2 Å². The van der Waals surface area contributed by atoms with E-state index >= 15 is 0 Å². The highest BCUT2D eigenvalue weighted by atomic mass is 35.5. The van der Waals surface area contributed by atoms with E-state index in [2.05, 4.69) is 10.6 Å². The molecule has 2 aromatic rings. The van der Waals surface area contributed by atoms with Crippen molar-refractivity contribution in [3.63, 3.8) is 0 Å². The van der Waals surface area contributed by atoms with Crippen molar-refractivity contribution in [1.29, 1.82) is 0 Å². The number of imide groups is 1. The molecular weight excluding hydrogens is 396 g/mol. The molecule has 1 atom stereocenters. The summed E-state index contributed by atoms with van der Waals surface area (Å²) in [7, 11) is 0. The number of hydrogen-bond donors (Lipinski definition) is 3. The van der Waals surface area contributed by atoms with E-state index in [-0.39, 0.29) is 16.3 Å². The SMILES string of the molecule is NC(=O)c1cc(NC(=O)CN2C(=O)NC3(CCc4ccccc43)C2=O)ccc1Cl. The number of aryl methyl sites for hydroxylation is 1. The molecule has 1 aliphatic carbocycles. The summed E-state index contributed by atoms with van der Waals surface area (Å²) in [5, 5.41) is 5.47. The number of anilines is 1. The molecule has 0 aromatic heterocycles. The van der Waals surface area contributed by atoms with Crippen LogP contribution >= 0.6 is 11.6 Å². The average molecular weight is 413 g/mol. The van der Waals surface area contributed by atoms with Gasteiger partial charge in [-0.25, -0.2) is 4.79 Å². The van der Waals surface area contributed by atoms with E-state index in [1.807, 2.05) is 24.3 Å². The van der Waals surface area contributed by atoms with Gasteiger partial charge in [-0.1, -0.05) is 35.9 Å². The summed E-state index contributed by atoms with van der Waals surface area (Å²) in [6, 6.07) is 11.1. The van der Waals surface area contributed by atoms with Crippen LogP contribution in [0.15, 0.2) is 42.5 Å². The maximum atomic E-state index is 13.1. The van der Waals surface area contributed by atoms with Gasteiger partial charge in [0.25, 0.3) is 5.91 Å². The summed E-state index contributed by atoms with van der Waals surface area (Å²) in [5.74, 6) is -1.77. The number of urea groups is 1. The molecule has 8 nitrogen and oxygen atoms in total. The molecular formula is C20H17ClN4O4. The normalized spacial score (nSPS) is 20.0. The van der Waals surface area contributed by atoms with E-state index in [9.17, 15) is 19.2 Å². The standard InChI is InChI=1S/C20H17ClN4O4/c21-15-6-5-12(9-13(15)17(22)27)23-16(26)10-25-18(28)20(24-19(25)29)8-7-11-3-1-2-4-14(11)20/h1-6,9H,7-8,10H2,(H2,22,27)(H,23,26)(H,24,29). The minimum Gasteiger partial charge on any atom is -0.366 e. The lowest BCUT2D eigenvalue weighted by Gasteiger charge is -2.22. The van der Waals surface area contributed by atoms with Gasteiger partial charge in [-0.2, -0.15) is 0 Å². The molecule has 2 aliphatic rings. The van der Waals surface area contributed by atoms with E-state index in [4.69, 9.17) is 17.3 Å². The molecule has 1 heterocycles. The number of nitrogens with one attached hydrogen (secondary N) is 2. The van der Waals surface area contributed by atoms with Crippen LogP contribution in [-0.2, 0) is 21.5 Å². The Kier molecular flexibility index (Phi) is 4.50. The van der Waals surface area contributed by atoms with Crippen LogP contribution in [0.25, 0.3) is 0 Å². The van der Waals surface area contributed by atoms with Crippen LogP contribution in [0.5, 0.6) is 0 Å². The summed E-state index contributed by atoms with van der Waals surface area (Å²) in [6.45, 7) is -0.455. The van der Waals surface area contributed by atoms with Crippen molar-refractivity contribution >= 4 is 41.0 Å².